The number of hydrogen-bond donors (Lipinski definition) is 0. The molecule has 0 N–H and O–H groups in total. The SMILES string of the molecule is Cc1cc(C)cc(-n2c(SCc3ccccc3F)nc3c(c2=O)SCC3)c1. The maximum absolute atomic E-state index is 14.0. The number of fused-ring (bicyclic) bond motifs is 1. The van der Waals surface area contributed by atoms with Crippen molar-refractivity contribution in [1.29, 1.82) is 0 Å². The maximum Gasteiger partial charge on any atom is 0.272 e. The van der Waals surface area contributed by atoms with Crippen LogP contribution in [0.1, 0.15) is 22.4 Å². The molecule has 0 radical (unpaired) electrons. The first-order valence-electron chi connectivity index (χ1n) is 8.76. The molecule has 27 heavy (non-hydrogen) atoms. The fourth-order valence-electron chi connectivity index (χ4n) is 3.25. The van der Waals surface area contributed by atoms with E-state index in [4.69, 9.17) is 4.98 Å². The van der Waals surface area contributed by atoms with Gasteiger partial charge >= 0.3 is 0 Å². The summed E-state index contributed by atoms with van der Waals surface area (Å²) in [6, 6.07) is 12.8. The number of halogens is 1. The smallest absolute Gasteiger partial charge is 0.268 e. The lowest BCUT2D eigenvalue weighted by Gasteiger charge is -2.15. The maximum atomic E-state index is 14.0. The van der Waals surface area contributed by atoms with Gasteiger partial charge in [0.2, 0.25) is 0 Å². The average molecular weight is 399 g/mol. The van der Waals surface area contributed by atoms with E-state index in [9.17, 15) is 9.18 Å². The molecule has 6 heteroatoms. The summed E-state index contributed by atoms with van der Waals surface area (Å²) in [5, 5.41) is 0.620. The lowest BCUT2D eigenvalue weighted by atomic mass is 10.1. The molecule has 2 aromatic carbocycles. The summed E-state index contributed by atoms with van der Waals surface area (Å²) in [5.74, 6) is 1.07. The van der Waals surface area contributed by atoms with E-state index < -0.39 is 0 Å². The van der Waals surface area contributed by atoms with E-state index in [-0.39, 0.29) is 11.4 Å². The van der Waals surface area contributed by atoms with Crippen LogP contribution in [-0.2, 0) is 12.2 Å². The van der Waals surface area contributed by atoms with Gasteiger partial charge in [-0.1, -0.05) is 36.0 Å². The Hall–Kier alpha value is -2.05. The van der Waals surface area contributed by atoms with Crippen molar-refractivity contribution < 1.29 is 4.39 Å². The van der Waals surface area contributed by atoms with Crippen LogP contribution in [0.2, 0.25) is 0 Å². The summed E-state index contributed by atoms with van der Waals surface area (Å²) in [7, 11) is 0. The molecule has 3 aromatic rings. The van der Waals surface area contributed by atoms with Crippen LogP contribution in [0.4, 0.5) is 4.39 Å². The second-order valence-corrected chi connectivity index (χ2v) is 8.68. The number of hydrogen-bond acceptors (Lipinski definition) is 4. The van der Waals surface area contributed by atoms with Crippen LogP contribution in [0.3, 0.4) is 0 Å². The fourth-order valence-corrected chi connectivity index (χ4v) is 5.29. The van der Waals surface area contributed by atoms with E-state index in [1.807, 2.05) is 32.0 Å². The lowest BCUT2D eigenvalue weighted by molar-refractivity contribution is 0.617. The molecule has 0 saturated heterocycles. The van der Waals surface area contributed by atoms with Crippen molar-refractivity contribution in [1.82, 2.24) is 9.55 Å². The summed E-state index contributed by atoms with van der Waals surface area (Å²) in [5.41, 5.74) is 4.45. The molecule has 1 aliphatic rings. The van der Waals surface area contributed by atoms with E-state index >= 15 is 0 Å². The highest BCUT2D eigenvalue weighted by molar-refractivity contribution is 7.99. The zero-order valence-corrected chi connectivity index (χ0v) is 16.8. The Morgan fingerprint density at radius 3 is 2.67 bits per heavy atom. The number of aryl methyl sites for hydroxylation is 3. The minimum Gasteiger partial charge on any atom is -0.268 e. The third-order valence-corrected chi connectivity index (χ3v) is 6.54. The standard InChI is InChI=1S/C21H19FN2OS2/c1-13-9-14(2)11-16(10-13)24-20(25)19-18(7-8-26-19)23-21(24)27-12-15-5-3-4-6-17(15)22/h3-6,9-11H,7-8,12H2,1-2H3. The van der Waals surface area contributed by atoms with E-state index in [2.05, 4.69) is 6.07 Å². The Bertz CT molecular complexity index is 1060. The van der Waals surface area contributed by atoms with Gasteiger partial charge in [-0.05, 0) is 48.7 Å². The van der Waals surface area contributed by atoms with Crippen molar-refractivity contribution in [3.8, 4) is 5.69 Å². The minimum atomic E-state index is -0.234. The molecule has 0 unspecified atom stereocenters. The molecule has 1 aromatic heterocycles. The summed E-state index contributed by atoms with van der Waals surface area (Å²) in [4.78, 5) is 18.7. The minimum absolute atomic E-state index is 0.0245. The van der Waals surface area contributed by atoms with Gasteiger partial charge in [0, 0.05) is 17.9 Å². The normalized spacial score (nSPS) is 13.0. The highest BCUT2D eigenvalue weighted by Crippen LogP contribution is 2.31. The molecule has 0 saturated carbocycles. The van der Waals surface area contributed by atoms with Gasteiger partial charge in [-0.15, -0.1) is 11.8 Å². The number of thioether (sulfide) groups is 2. The number of benzene rings is 2. The van der Waals surface area contributed by atoms with Crippen LogP contribution in [0.25, 0.3) is 5.69 Å². The van der Waals surface area contributed by atoms with Gasteiger partial charge in [0.1, 0.15) is 5.82 Å². The zero-order valence-electron chi connectivity index (χ0n) is 15.2. The molecule has 0 aliphatic carbocycles. The first-order valence-corrected chi connectivity index (χ1v) is 10.7. The third kappa shape index (κ3) is 3.69. The molecule has 0 bridgehead atoms. The van der Waals surface area contributed by atoms with E-state index in [1.54, 1.807) is 28.5 Å². The van der Waals surface area contributed by atoms with Gasteiger partial charge in [-0.2, -0.15) is 0 Å². The van der Waals surface area contributed by atoms with Crippen LogP contribution in [0.15, 0.2) is 57.3 Å². The number of aromatic nitrogens is 2. The fraction of sp³-hybridized carbons (Fsp3) is 0.238. The lowest BCUT2D eigenvalue weighted by Crippen LogP contribution is -2.24. The van der Waals surface area contributed by atoms with Crippen molar-refractivity contribution in [2.24, 2.45) is 0 Å². The van der Waals surface area contributed by atoms with Crippen molar-refractivity contribution in [3.63, 3.8) is 0 Å². The highest BCUT2D eigenvalue weighted by atomic mass is 32.2. The van der Waals surface area contributed by atoms with Gasteiger partial charge < -0.3 is 0 Å². The second-order valence-electron chi connectivity index (χ2n) is 6.64. The Morgan fingerprint density at radius 1 is 1.19 bits per heavy atom. The monoisotopic (exact) mass is 398 g/mol. The third-order valence-electron chi connectivity index (χ3n) is 4.45. The van der Waals surface area contributed by atoms with Gasteiger partial charge in [-0.25, -0.2) is 9.37 Å². The summed E-state index contributed by atoms with van der Waals surface area (Å²) >= 11 is 2.98. The predicted molar refractivity (Wildman–Crippen MR) is 110 cm³/mol. The largest absolute Gasteiger partial charge is 0.272 e. The molecule has 0 amide bonds. The van der Waals surface area contributed by atoms with E-state index in [0.717, 1.165) is 39.6 Å². The highest BCUT2D eigenvalue weighted by Gasteiger charge is 2.23. The molecule has 0 spiro atoms. The Kier molecular flexibility index (Phi) is 5.10. The van der Waals surface area contributed by atoms with Crippen LogP contribution >= 0.6 is 23.5 Å². The quantitative estimate of drug-likeness (QED) is 0.461. The van der Waals surface area contributed by atoms with Crippen LogP contribution < -0.4 is 5.56 Å². The zero-order chi connectivity index (χ0) is 19.0. The molecular weight excluding hydrogens is 379 g/mol. The summed E-state index contributed by atoms with van der Waals surface area (Å²) < 4.78 is 15.7. The van der Waals surface area contributed by atoms with Crippen molar-refractivity contribution in [3.05, 3.63) is 81.0 Å². The molecule has 4 rings (SSSR count). The van der Waals surface area contributed by atoms with E-state index in [0.29, 0.717) is 16.5 Å². The molecule has 138 valence electrons. The molecule has 1 aliphatic heterocycles. The second kappa shape index (κ2) is 7.52. The van der Waals surface area contributed by atoms with Crippen LogP contribution in [0.5, 0.6) is 0 Å². The predicted octanol–water partition coefficient (Wildman–Crippen LogP) is 4.93. The Balaban J connectivity index is 1.81. The van der Waals surface area contributed by atoms with Gasteiger partial charge in [-0.3, -0.25) is 9.36 Å². The molecule has 3 nitrogen and oxygen atoms in total. The summed E-state index contributed by atoms with van der Waals surface area (Å²) in [6.45, 7) is 4.03. The van der Waals surface area contributed by atoms with Crippen LogP contribution in [-0.4, -0.2) is 15.3 Å². The van der Waals surface area contributed by atoms with Gasteiger partial charge in [0.05, 0.1) is 16.3 Å². The van der Waals surface area contributed by atoms with Gasteiger partial charge in [0.25, 0.3) is 5.56 Å². The molecular formula is C21H19FN2OS2. The van der Waals surface area contributed by atoms with Crippen molar-refractivity contribution >= 4 is 23.5 Å². The van der Waals surface area contributed by atoms with Crippen LogP contribution in [0, 0.1) is 19.7 Å². The number of rotatable bonds is 4. The van der Waals surface area contributed by atoms with Gasteiger partial charge in [0.15, 0.2) is 5.16 Å². The van der Waals surface area contributed by atoms with Crippen molar-refractivity contribution in [2.45, 2.75) is 36.1 Å². The molecule has 0 fully saturated rings. The van der Waals surface area contributed by atoms with E-state index in [1.165, 1.54) is 17.8 Å². The molecule has 2 heterocycles. The Labute approximate surface area is 166 Å². The average Bonchev–Trinajstić information content (AvgIpc) is 3.09. The number of nitrogens with zero attached hydrogens (tertiary/aromatic N) is 2. The first kappa shape index (κ1) is 18.3. The first-order chi connectivity index (χ1) is 13.0. The summed E-state index contributed by atoms with van der Waals surface area (Å²) in [6.07, 6.45) is 0.802. The van der Waals surface area contributed by atoms with Crippen molar-refractivity contribution in [2.75, 3.05) is 5.75 Å². The topological polar surface area (TPSA) is 34.9 Å². The Morgan fingerprint density at radius 2 is 1.93 bits per heavy atom. The molecule has 0 atom stereocenters.